The van der Waals surface area contributed by atoms with Crippen molar-refractivity contribution >= 4 is 0 Å². The van der Waals surface area contributed by atoms with Crippen molar-refractivity contribution < 1.29 is 13.9 Å². The average molecular weight is 206 g/mol. The maximum Gasteiger partial charge on any atom is 0.339 e. The Bertz CT molecular complexity index is 528. The summed E-state index contributed by atoms with van der Waals surface area (Å²) in [5.41, 5.74) is -0.112. The van der Waals surface area contributed by atoms with Gasteiger partial charge in [0, 0.05) is 11.6 Å². The van der Waals surface area contributed by atoms with Crippen molar-refractivity contribution in [2.75, 3.05) is 0 Å². The molecule has 3 nitrogen and oxygen atoms in total. The highest BCUT2D eigenvalue weighted by atomic mass is 19.1. The van der Waals surface area contributed by atoms with Gasteiger partial charge < -0.3 is 9.52 Å². The number of aromatic hydroxyl groups is 1. The number of hydrogen-bond donors (Lipinski definition) is 1. The van der Waals surface area contributed by atoms with Gasteiger partial charge in [0.25, 0.3) is 0 Å². The van der Waals surface area contributed by atoms with Crippen LogP contribution in [0.1, 0.15) is 0 Å². The zero-order chi connectivity index (χ0) is 10.8. The zero-order valence-corrected chi connectivity index (χ0v) is 7.61. The zero-order valence-electron chi connectivity index (χ0n) is 7.61. The molecule has 76 valence electrons. The molecule has 0 saturated heterocycles. The van der Waals surface area contributed by atoms with Crippen molar-refractivity contribution in [2.45, 2.75) is 0 Å². The summed E-state index contributed by atoms with van der Waals surface area (Å²) in [6, 6.07) is 7.69. The smallest absolute Gasteiger partial charge is 0.339 e. The normalized spacial score (nSPS) is 10.2. The van der Waals surface area contributed by atoms with Gasteiger partial charge in [0.1, 0.15) is 17.3 Å². The van der Waals surface area contributed by atoms with Gasteiger partial charge in [-0.05, 0) is 24.3 Å². The molecule has 0 atom stereocenters. The van der Waals surface area contributed by atoms with Crippen LogP contribution in [0.4, 0.5) is 4.39 Å². The summed E-state index contributed by atoms with van der Waals surface area (Å²) in [6.45, 7) is 0. The summed E-state index contributed by atoms with van der Waals surface area (Å²) in [6.07, 6.45) is 0. The highest BCUT2D eigenvalue weighted by molar-refractivity contribution is 5.58. The number of hydrogen-bond acceptors (Lipinski definition) is 3. The molecule has 0 radical (unpaired) electrons. The maximum absolute atomic E-state index is 12.6. The maximum atomic E-state index is 12.6. The molecule has 0 amide bonds. The van der Waals surface area contributed by atoms with Gasteiger partial charge >= 0.3 is 5.63 Å². The molecule has 1 aromatic heterocycles. The van der Waals surface area contributed by atoms with Crippen molar-refractivity contribution in [2.24, 2.45) is 0 Å². The van der Waals surface area contributed by atoms with E-state index in [2.05, 4.69) is 0 Å². The molecule has 0 saturated carbocycles. The summed E-state index contributed by atoms with van der Waals surface area (Å²) in [7, 11) is 0. The second-order valence-corrected chi connectivity index (χ2v) is 3.01. The van der Waals surface area contributed by atoms with Gasteiger partial charge in [0.15, 0.2) is 0 Å². The van der Waals surface area contributed by atoms with E-state index in [0.29, 0.717) is 5.56 Å². The molecule has 0 aliphatic rings. The quantitative estimate of drug-likeness (QED) is 0.777. The van der Waals surface area contributed by atoms with Crippen molar-refractivity contribution in [3.05, 3.63) is 52.6 Å². The number of rotatable bonds is 1. The van der Waals surface area contributed by atoms with Crippen LogP contribution in [-0.4, -0.2) is 5.11 Å². The van der Waals surface area contributed by atoms with E-state index in [1.54, 1.807) is 0 Å². The first kappa shape index (κ1) is 9.45. The molecule has 2 rings (SSSR count). The Labute approximate surface area is 84.4 Å². The van der Waals surface area contributed by atoms with Gasteiger partial charge in [0.05, 0.1) is 6.07 Å². The molecule has 15 heavy (non-hydrogen) atoms. The first-order chi connectivity index (χ1) is 7.15. The molecule has 0 aliphatic carbocycles. The highest BCUT2D eigenvalue weighted by Gasteiger charge is 2.03. The Morgan fingerprint density at radius 1 is 1.13 bits per heavy atom. The van der Waals surface area contributed by atoms with Crippen LogP contribution >= 0.6 is 0 Å². The molecule has 2 aromatic rings. The monoisotopic (exact) mass is 206 g/mol. The van der Waals surface area contributed by atoms with Crippen molar-refractivity contribution in [3.63, 3.8) is 0 Å². The van der Waals surface area contributed by atoms with Crippen LogP contribution in [0.15, 0.2) is 45.6 Å². The molecular formula is C11H7FO3. The minimum absolute atomic E-state index is 0.175. The third-order valence-electron chi connectivity index (χ3n) is 1.88. The van der Waals surface area contributed by atoms with Crippen LogP contribution in [0.2, 0.25) is 0 Å². The number of benzene rings is 1. The first-order valence-electron chi connectivity index (χ1n) is 4.25. The lowest BCUT2D eigenvalue weighted by atomic mass is 10.1. The van der Waals surface area contributed by atoms with Gasteiger partial charge in [-0.3, -0.25) is 0 Å². The van der Waals surface area contributed by atoms with Crippen LogP contribution < -0.4 is 5.63 Å². The summed E-state index contributed by atoms with van der Waals surface area (Å²) >= 11 is 0. The number of halogens is 1. The van der Waals surface area contributed by atoms with Crippen molar-refractivity contribution in [3.8, 4) is 17.1 Å². The third kappa shape index (κ3) is 2.04. The largest absolute Gasteiger partial charge is 0.508 e. The second-order valence-electron chi connectivity index (χ2n) is 3.01. The summed E-state index contributed by atoms with van der Waals surface area (Å²) in [5.74, 6) is -0.341. The van der Waals surface area contributed by atoms with E-state index in [1.165, 1.54) is 30.3 Å². The standard InChI is InChI=1S/C11H7FO3/c12-8-3-1-7(2-4-8)10-5-9(13)6-11(14)15-10/h1-6,13H. The lowest BCUT2D eigenvalue weighted by Crippen LogP contribution is -1.96. The Morgan fingerprint density at radius 2 is 1.80 bits per heavy atom. The predicted octanol–water partition coefficient (Wildman–Crippen LogP) is 2.15. The average Bonchev–Trinajstić information content (AvgIpc) is 2.17. The van der Waals surface area contributed by atoms with Gasteiger partial charge in [0.2, 0.25) is 0 Å². The minimum atomic E-state index is -0.644. The van der Waals surface area contributed by atoms with Crippen molar-refractivity contribution in [1.29, 1.82) is 0 Å². The summed E-state index contributed by atoms with van der Waals surface area (Å²) in [4.78, 5) is 11.0. The second kappa shape index (κ2) is 3.57. The predicted molar refractivity (Wildman–Crippen MR) is 52.0 cm³/mol. The molecule has 0 spiro atoms. The molecule has 1 heterocycles. The van der Waals surface area contributed by atoms with E-state index < -0.39 is 5.63 Å². The molecule has 0 unspecified atom stereocenters. The fourth-order valence-corrected chi connectivity index (χ4v) is 1.22. The summed E-state index contributed by atoms with van der Waals surface area (Å²) < 4.78 is 17.5. The molecule has 0 aliphatic heterocycles. The summed E-state index contributed by atoms with van der Waals surface area (Å²) in [5, 5.41) is 9.18. The van der Waals surface area contributed by atoms with E-state index in [4.69, 9.17) is 4.42 Å². The Balaban J connectivity index is 2.54. The minimum Gasteiger partial charge on any atom is -0.508 e. The van der Waals surface area contributed by atoms with Crippen LogP contribution in [0, 0.1) is 5.82 Å². The van der Waals surface area contributed by atoms with E-state index in [1.807, 2.05) is 0 Å². The fourth-order valence-electron chi connectivity index (χ4n) is 1.22. The molecular weight excluding hydrogens is 199 g/mol. The van der Waals surface area contributed by atoms with Crippen molar-refractivity contribution in [1.82, 2.24) is 0 Å². The lowest BCUT2D eigenvalue weighted by Gasteiger charge is -1.99. The SMILES string of the molecule is O=c1cc(O)cc(-c2ccc(F)cc2)o1. The van der Waals surface area contributed by atoms with E-state index in [9.17, 15) is 14.3 Å². The van der Waals surface area contributed by atoms with Gasteiger partial charge in [-0.2, -0.15) is 0 Å². The Hall–Kier alpha value is -2.10. The van der Waals surface area contributed by atoms with E-state index in [0.717, 1.165) is 6.07 Å². The molecule has 1 N–H and O–H groups in total. The molecule has 1 aromatic carbocycles. The van der Waals surface area contributed by atoms with Gasteiger partial charge in [-0.25, -0.2) is 9.18 Å². The fraction of sp³-hybridized carbons (Fsp3) is 0. The van der Waals surface area contributed by atoms with Crippen LogP contribution in [0.25, 0.3) is 11.3 Å². The Morgan fingerprint density at radius 3 is 2.40 bits per heavy atom. The highest BCUT2D eigenvalue weighted by Crippen LogP contribution is 2.21. The molecule has 4 heteroatoms. The van der Waals surface area contributed by atoms with E-state index >= 15 is 0 Å². The lowest BCUT2D eigenvalue weighted by molar-refractivity contribution is 0.453. The topological polar surface area (TPSA) is 50.4 Å². The molecule has 0 bridgehead atoms. The van der Waals surface area contributed by atoms with Crippen LogP contribution in [-0.2, 0) is 0 Å². The Kier molecular flexibility index (Phi) is 2.25. The van der Waals surface area contributed by atoms with Crippen LogP contribution in [0.3, 0.4) is 0 Å². The van der Waals surface area contributed by atoms with E-state index in [-0.39, 0.29) is 17.3 Å². The van der Waals surface area contributed by atoms with Gasteiger partial charge in [-0.1, -0.05) is 0 Å². The first-order valence-corrected chi connectivity index (χ1v) is 4.25. The van der Waals surface area contributed by atoms with Gasteiger partial charge in [-0.15, -0.1) is 0 Å². The molecule has 0 fully saturated rings. The van der Waals surface area contributed by atoms with Crippen LogP contribution in [0.5, 0.6) is 5.75 Å². The third-order valence-corrected chi connectivity index (χ3v) is 1.88.